The normalized spacial score (nSPS) is 10.9. The van der Waals surface area contributed by atoms with Crippen LogP contribution in [0.5, 0.6) is 0 Å². The first-order valence-corrected chi connectivity index (χ1v) is 9.88. The van der Waals surface area contributed by atoms with Gasteiger partial charge in [0, 0.05) is 35.5 Å². The van der Waals surface area contributed by atoms with Crippen LogP contribution in [0.3, 0.4) is 0 Å². The molecule has 0 saturated heterocycles. The van der Waals surface area contributed by atoms with E-state index in [1.165, 1.54) is 22.2 Å². The van der Waals surface area contributed by atoms with Crippen molar-refractivity contribution in [3.63, 3.8) is 0 Å². The summed E-state index contributed by atoms with van der Waals surface area (Å²) in [5.74, 6) is 0.788. The van der Waals surface area contributed by atoms with Gasteiger partial charge in [0.15, 0.2) is 5.96 Å². The smallest absolute Gasteiger partial charge is 0.221 e. The van der Waals surface area contributed by atoms with Gasteiger partial charge in [-0.15, -0.1) is 35.3 Å². The molecule has 0 bridgehead atoms. The lowest BCUT2D eigenvalue weighted by molar-refractivity contribution is -0.114. The molecule has 0 aliphatic carbocycles. The van der Waals surface area contributed by atoms with Crippen molar-refractivity contribution >= 4 is 52.9 Å². The Labute approximate surface area is 183 Å². The predicted molar refractivity (Wildman–Crippen MR) is 126 cm³/mol. The van der Waals surface area contributed by atoms with Gasteiger partial charge in [-0.05, 0) is 49.6 Å². The third kappa shape index (κ3) is 8.75. The van der Waals surface area contributed by atoms with Crippen molar-refractivity contribution in [3.05, 3.63) is 51.7 Å². The zero-order valence-corrected chi connectivity index (χ0v) is 19.3. The molecule has 0 spiro atoms. The minimum absolute atomic E-state index is 0. The minimum Gasteiger partial charge on any atom is -0.357 e. The van der Waals surface area contributed by atoms with Crippen LogP contribution in [0.4, 0.5) is 5.69 Å². The Kier molecular flexibility index (Phi) is 11.0. The lowest BCUT2D eigenvalue weighted by atomic mass is 10.1. The summed E-state index contributed by atoms with van der Waals surface area (Å²) in [7, 11) is 0. The van der Waals surface area contributed by atoms with Crippen LogP contribution < -0.4 is 16.0 Å². The fourth-order valence-electron chi connectivity index (χ4n) is 2.48. The number of anilines is 1. The number of rotatable bonds is 8. The summed E-state index contributed by atoms with van der Waals surface area (Å²) in [4.78, 5) is 18.4. The van der Waals surface area contributed by atoms with Gasteiger partial charge in [-0.1, -0.05) is 19.1 Å². The van der Waals surface area contributed by atoms with E-state index < -0.39 is 0 Å². The molecule has 1 aromatic carbocycles. The van der Waals surface area contributed by atoms with E-state index in [2.05, 4.69) is 46.9 Å². The molecule has 1 aromatic heterocycles. The van der Waals surface area contributed by atoms with E-state index in [9.17, 15) is 4.79 Å². The second kappa shape index (κ2) is 12.7. The topological polar surface area (TPSA) is 65.5 Å². The van der Waals surface area contributed by atoms with Gasteiger partial charge in [0.2, 0.25) is 5.91 Å². The van der Waals surface area contributed by atoms with Gasteiger partial charge in [0.25, 0.3) is 0 Å². The summed E-state index contributed by atoms with van der Waals surface area (Å²) in [6.07, 6.45) is 1.97. The van der Waals surface area contributed by atoms with Crippen molar-refractivity contribution in [3.8, 4) is 0 Å². The molecule has 0 aliphatic heterocycles. The van der Waals surface area contributed by atoms with Crippen LogP contribution in [0.1, 0.15) is 36.1 Å². The standard InChI is InChI=1S/C20H28N4OS.HI/c1-4-18-10-11-19(26-18)14-23-20(21-5-2)22-13-12-16-6-8-17(9-7-16)24-15(3)25;/h6-11H,4-5,12-14H2,1-3H3,(H,24,25)(H2,21,22,23);1H. The molecule has 0 radical (unpaired) electrons. The largest absolute Gasteiger partial charge is 0.357 e. The zero-order valence-electron chi connectivity index (χ0n) is 16.2. The summed E-state index contributed by atoms with van der Waals surface area (Å²) in [6, 6.07) is 12.3. The van der Waals surface area contributed by atoms with Crippen molar-refractivity contribution in [2.75, 3.05) is 18.4 Å². The number of amides is 1. The van der Waals surface area contributed by atoms with Gasteiger partial charge in [0.05, 0.1) is 6.54 Å². The summed E-state index contributed by atoms with van der Waals surface area (Å²) >= 11 is 1.83. The van der Waals surface area contributed by atoms with Crippen molar-refractivity contribution < 1.29 is 4.79 Å². The molecule has 27 heavy (non-hydrogen) atoms. The van der Waals surface area contributed by atoms with Gasteiger partial charge in [-0.25, -0.2) is 4.99 Å². The Balaban J connectivity index is 0.00000364. The van der Waals surface area contributed by atoms with E-state index in [4.69, 9.17) is 0 Å². The maximum Gasteiger partial charge on any atom is 0.221 e. The molecule has 1 heterocycles. The number of guanidine groups is 1. The van der Waals surface area contributed by atoms with Crippen LogP contribution in [-0.2, 0) is 24.2 Å². The number of hydrogen-bond acceptors (Lipinski definition) is 3. The Morgan fingerprint density at radius 2 is 1.74 bits per heavy atom. The highest BCUT2D eigenvalue weighted by Crippen LogP contribution is 2.17. The van der Waals surface area contributed by atoms with Crippen LogP contribution in [0.2, 0.25) is 0 Å². The van der Waals surface area contributed by atoms with Crippen LogP contribution >= 0.6 is 35.3 Å². The molecule has 2 aromatic rings. The first-order valence-electron chi connectivity index (χ1n) is 9.07. The molecule has 148 valence electrons. The Bertz CT molecular complexity index is 728. The molecule has 0 unspecified atom stereocenters. The maximum absolute atomic E-state index is 11.0. The van der Waals surface area contributed by atoms with Crippen LogP contribution in [0.25, 0.3) is 0 Å². The number of aliphatic imine (C=N–C) groups is 1. The minimum atomic E-state index is -0.0530. The highest BCUT2D eigenvalue weighted by atomic mass is 127. The molecular weight excluding hydrogens is 471 g/mol. The second-order valence-corrected chi connectivity index (χ2v) is 7.22. The number of carbonyl (C=O) groups excluding carboxylic acids is 1. The van der Waals surface area contributed by atoms with Crippen molar-refractivity contribution in [1.29, 1.82) is 0 Å². The van der Waals surface area contributed by atoms with Gasteiger partial charge in [-0.2, -0.15) is 0 Å². The van der Waals surface area contributed by atoms with E-state index in [0.717, 1.165) is 37.6 Å². The number of aryl methyl sites for hydroxylation is 1. The molecule has 5 nitrogen and oxygen atoms in total. The zero-order chi connectivity index (χ0) is 18.8. The molecule has 0 fully saturated rings. The monoisotopic (exact) mass is 500 g/mol. The number of nitrogens with one attached hydrogen (secondary N) is 3. The molecule has 0 saturated carbocycles. The highest BCUT2D eigenvalue weighted by molar-refractivity contribution is 14.0. The average molecular weight is 500 g/mol. The van der Waals surface area contributed by atoms with E-state index >= 15 is 0 Å². The van der Waals surface area contributed by atoms with Gasteiger partial charge < -0.3 is 16.0 Å². The number of carbonyl (C=O) groups is 1. The second-order valence-electron chi connectivity index (χ2n) is 5.97. The first kappa shape index (κ1) is 23.4. The summed E-state index contributed by atoms with van der Waals surface area (Å²) < 4.78 is 0. The predicted octanol–water partition coefficient (Wildman–Crippen LogP) is 4.18. The molecule has 0 aliphatic rings. The molecule has 1 amide bonds. The Morgan fingerprint density at radius 3 is 2.33 bits per heavy atom. The number of hydrogen-bond donors (Lipinski definition) is 3. The van der Waals surface area contributed by atoms with Gasteiger partial charge in [0.1, 0.15) is 0 Å². The average Bonchev–Trinajstić information content (AvgIpc) is 3.09. The van der Waals surface area contributed by atoms with E-state index in [0.29, 0.717) is 6.54 Å². The lowest BCUT2D eigenvalue weighted by Gasteiger charge is -2.11. The van der Waals surface area contributed by atoms with E-state index in [-0.39, 0.29) is 29.9 Å². The number of thiophene rings is 1. The Morgan fingerprint density at radius 1 is 1.04 bits per heavy atom. The fourth-order valence-corrected chi connectivity index (χ4v) is 3.36. The molecule has 7 heteroatoms. The summed E-state index contributed by atoms with van der Waals surface area (Å²) in [5.41, 5.74) is 2.04. The summed E-state index contributed by atoms with van der Waals surface area (Å²) in [6.45, 7) is 8.09. The van der Waals surface area contributed by atoms with Gasteiger partial charge in [-0.3, -0.25) is 4.79 Å². The number of nitrogens with zero attached hydrogens (tertiary/aromatic N) is 1. The molecule has 3 N–H and O–H groups in total. The highest BCUT2D eigenvalue weighted by Gasteiger charge is 2.01. The van der Waals surface area contributed by atoms with Crippen molar-refractivity contribution in [2.45, 2.75) is 40.2 Å². The van der Waals surface area contributed by atoms with Crippen LogP contribution in [0.15, 0.2) is 41.4 Å². The SMILES string of the molecule is CCNC(=NCc1ccc(CC)s1)NCCc1ccc(NC(C)=O)cc1.I. The van der Waals surface area contributed by atoms with Crippen LogP contribution in [-0.4, -0.2) is 25.0 Å². The van der Waals surface area contributed by atoms with E-state index in [1.54, 1.807) is 0 Å². The number of benzene rings is 1. The maximum atomic E-state index is 11.0. The van der Waals surface area contributed by atoms with Crippen molar-refractivity contribution in [1.82, 2.24) is 10.6 Å². The first-order chi connectivity index (χ1) is 12.6. The number of halogens is 1. The Hall–Kier alpha value is -1.61. The van der Waals surface area contributed by atoms with Crippen molar-refractivity contribution in [2.24, 2.45) is 4.99 Å². The van der Waals surface area contributed by atoms with Gasteiger partial charge >= 0.3 is 0 Å². The van der Waals surface area contributed by atoms with Crippen LogP contribution in [0, 0.1) is 0 Å². The summed E-state index contributed by atoms with van der Waals surface area (Å²) in [5, 5.41) is 9.45. The molecule has 0 atom stereocenters. The quantitative estimate of drug-likeness (QED) is 0.290. The molecular formula is C20H29IN4OS. The molecule has 2 rings (SSSR count). The third-order valence-electron chi connectivity index (χ3n) is 3.78. The third-order valence-corrected chi connectivity index (χ3v) is 5.00. The lowest BCUT2D eigenvalue weighted by Crippen LogP contribution is -2.38. The fraction of sp³-hybridized carbons (Fsp3) is 0.400. The van der Waals surface area contributed by atoms with E-state index in [1.807, 2.05) is 35.6 Å².